The predicted octanol–water partition coefficient (Wildman–Crippen LogP) is 8.04. The molecule has 5 aromatic rings. The van der Waals surface area contributed by atoms with E-state index in [-0.39, 0.29) is 17.6 Å². The highest BCUT2D eigenvalue weighted by Gasteiger charge is 2.50. The van der Waals surface area contributed by atoms with Crippen molar-refractivity contribution in [1.82, 2.24) is 14.3 Å². The van der Waals surface area contributed by atoms with Crippen molar-refractivity contribution < 1.29 is 23.5 Å². The quantitative estimate of drug-likeness (QED) is 0.0459. The summed E-state index contributed by atoms with van der Waals surface area (Å²) in [7, 11) is 2.28. The summed E-state index contributed by atoms with van der Waals surface area (Å²) >= 11 is 8.85. The van der Waals surface area contributed by atoms with Crippen LogP contribution in [-0.2, 0) is 50.9 Å². The normalized spacial score (nSPS) is 13.8. The number of halogens is 1. The first-order chi connectivity index (χ1) is 28.3. The van der Waals surface area contributed by atoms with Gasteiger partial charge in [-0.05, 0) is 65.2 Å². The van der Waals surface area contributed by atoms with Crippen LogP contribution >= 0.6 is 23.4 Å². The molecule has 6 rings (SSSR count). The number of nitrogens with two attached hydrogens (primary N) is 1. The molecule has 3 aromatic carbocycles. The number of aryl methyl sites for hydroxylation is 3. The molecule has 59 heavy (non-hydrogen) atoms. The molecule has 0 saturated heterocycles. The number of carbonyl (C=O) groups excluding carboxylic acids is 2. The van der Waals surface area contributed by atoms with E-state index in [1.54, 1.807) is 18.8 Å². The zero-order valence-corrected chi connectivity index (χ0v) is 37.8. The maximum absolute atomic E-state index is 13.3. The first-order valence-corrected chi connectivity index (χ1v) is 23.6. The Hall–Kier alpha value is -4.62. The van der Waals surface area contributed by atoms with Gasteiger partial charge in [-0.2, -0.15) is 5.10 Å². The van der Waals surface area contributed by atoms with Gasteiger partial charge in [0.2, 0.25) is 0 Å². The van der Waals surface area contributed by atoms with E-state index in [4.69, 9.17) is 36.3 Å². The van der Waals surface area contributed by atoms with E-state index in [0.717, 1.165) is 70.5 Å². The highest BCUT2D eigenvalue weighted by Crippen LogP contribution is 2.44. The van der Waals surface area contributed by atoms with E-state index in [9.17, 15) is 9.59 Å². The van der Waals surface area contributed by atoms with Crippen LogP contribution in [0.25, 0.3) is 22.0 Å². The van der Waals surface area contributed by atoms with Crippen LogP contribution in [0.3, 0.4) is 0 Å². The lowest BCUT2D eigenvalue weighted by Gasteiger charge is -2.43. The number of fused-ring (bicyclic) bond motifs is 2. The Kier molecular flexibility index (Phi) is 14.3. The summed E-state index contributed by atoms with van der Waals surface area (Å²) in [5.41, 5.74) is 14.3. The van der Waals surface area contributed by atoms with E-state index in [0.29, 0.717) is 47.4 Å². The van der Waals surface area contributed by atoms with Gasteiger partial charge in [-0.25, -0.2) is 4.79 Å². The van der Waals surface area contributed by atoms with Crippen molar-refractivity contribution in [3.05, 3.63) is 112 Å². The number of benzene rings is 3. The largest absolute Gasteiger partial charge is 0.466 e. The zero-order valence-electron chi connectivity index (χ0n) is 35.3. The molecule has 0 fully saturated rings. The van der Waals surface area contributed by atoms with Gasteiger partial charge in [-0.3, -0.25) is 14.5 Å². The zero-order chi connectivity index (χ0) is 42.3. The molecule has 0 bridgehead atoms. The summed E-state index contributed by atoms with van der Waals surface area (Å²) < 4.78 is 21.7. The molecule has 0 amide bonds. The molecule has 1 aliphatic heterocycles. The van der Waals surface area contributed by atoms with E-state index < -0.39 is 14.3 Å². The minimum Gasteiger partial charge on any atom is -0.466 e. The maximum atomic E-state index is 13.3. The molecular formula is C46H56ClN5O5SSi. The van der Waals surface area contributed by atoms with Crippen LogP contribution in [0.4, 0.5) is 0 Å². The Balaban J connectivity index is 1.28. The third kappa shape index (κ3) is 9.26. The van der Waals surface area contributed by atoms with Gasteiger partial charge in [-0.1, -0.05) is 99.1 Å². The number of hydrogen-bond acceptors (Lipinski definition) is 9. The summed E-state index contributed by atoms with van der Waals surface area (Å²) in [4.78, 5) is 29.4. The molecule has 0 aliphatic carbocycles. The van der Waals surface area contributed by atoms with E-state index in [2.05, 4.69) is 79.0 Å². The average Bonchev–Trinajstić information content (AvgIpc) is 3.72. The molecule has 0 atom stereocenters. The fraction of sp³-hybridized carbons (Fsp3) is 0.391. The molecule has 2 N–H and O–H groups in total. The Bertz CT molecular complexity index is 2310. The molecule has 1 aliphatic rings. The lowest BCUT2D eigenvalue weighted by Crippen LogP contribution is -2.67. The number of aromatic nitrogens is 3. The van der Waals surface area contributed by atoms with Crippen molar-refractivity contribution in [2.45, 2.75) is 77.1 Å². The number of ether oxygens (including phenoxy) is 2. The molecule has 312 valence electrons. The van der Waals surface area contributed by atoms with Crippen LogP contribution in [0.2, 0.25) is 10.1 Å². The number of aliphatic imine (C=N–C) groups is 1. The number of nitrogens with zero attached hydrogens (tertiary/aromatic N) is 4. The van der Waals surface area contributed by atoms with Crippen LogP contribution in [0.1, 0.15) is 74.4 Å². The number of carbonyl (C=O) groups is 2. The second-order valence-electron chi connectivity index (χ2n) is 16.0. The fourth-order valence-corrected chi connectivity index (χ4v) is 14.1. The summed E-state index contributed by atoms with van der Waals surface area (Å²) in [6, 6.07) is 25.1. The molecule has 10 nitrogen and oxygen atoms in total. The molecule has 0 radical (unpaired) electrons. The van der Waals surface area contributed by atoms with Crippen LogP contribution in [0, 0.1) is 0 Å². The monoisotopic (exact) mass is 853 g/mol. The van der Waals surface area contributed by atoms with E-state index >= 15 is 0 Å². The number of hydrogen-bond donors (Lipinski definition) is 1. The van der Waals surface area contributed by atoms with Crippen molar-refractivity contribution in [2.75, 3.05) is 33.1 Å². The Morgan fingerprint density at radius 2 is 1.69 bits per heavy atom. The SMILES string of the molecule is CN=C(/C=C(\N)CSCc1nn2c(c1-c1c(Cl)ccc3c(CCCOC(C)=O)c(C(=O)OC)n(C)c13)CCCC2)CO[Si](c1ccccc1)(c1ccccc1)C(C)(C)C. The Morgan fingerprint density at radius 1 is 1.02 bits per heavy atom. The lowest BCUT2D eigenvalue weighted by atomic mass is 9.95. The van der Waals surface area contributed by atoms with Crippen LogP contribution in [0.15, 0.2) is 89.6 Å². The number of thioether (sulfide) groups is 1. The van der Waals surface area contributed by atoms with Gasteiger partial charge in [0.25, 0.3) is 8.32 Å². The molecular weight excluding hydrogens is 798 g/mol. The van der Waals surface area contributed by atoms with Crippen LogP contribution in [-0.4, -0.2) is 73.4 Å². The smallest absolute Gasteiger partial charge is 0.354 e. The van der Waals surface area contributed by atoms with Gasteiger partial charge in [0, 0.05) is 67.0 Å². The van der Waals surface area contributed by atoms with E-state index in [1.165, 1.54) is 24.4 Å². The second-order valence-corrected chi connectivity index (χ2v) is 21.7. The summed E-state index contributed by atoms with van der Waals surface area (Å²) in [5, 5.41) is 8.91. The van der Waals surface area contributed by atoms with Gasteiger partial charge in [0.05, 0.1) is 42.3 Å². The summed E-state index contributed by atoms with van der Waals surface area (Å²) in [6.07, 6.45) is 5.98. The fourth-order valence-electron chi connectivity index (χ4n) is 8.48. The van der Waals surface area contributed by atoms with Gasteiger partial charge in [0.1, 0.15) is 5.69 Å². The van der Waals surface area contributed by atoms with Crippen molar-refractivity contribution in [3.63, 3.8) is 0 Å². The van der Waals surface area contributed by atoms with Gasteiger partial charge < -0.3 is 24.2 Å². The minimum atomic E-state index is -2.77. The number of methoxy groups -OCH3 is 1. The van der Waals surface area contributed by atoms with Gasteiger partial charge in [0.15, 0.2) is 0 Å². The van der Waals surface area contributed by atoms with Crippen molar-refractivity contribution in [2.24, 2.45) is 17.8 Å². The molecule has 0 saturated carbocycles. The lowest BCUT2D eigenvalue weighted by molar-refractivity contribution is -0.141. The van der Waals surface area contributed by atoms with Gasteiger partial charge >= 0.3 is 11.9 Å². The first kappa shape index (κ1) is 43.9. The first-order valence-electron chi connectivity index (χ1n) is 20.2. The molecule has 2 aromatic heterocycles. The highest BCUT2D eigenvalue weighted by molar-refractivity contribution is 7.98. The van der Waals surface area contributed by atoms with Crippen molar-refractivity contribution >= 4 is 70.6 Å². The summed E-state index contributed by atoms with van der Waals surface area (Å²) in [6.45, 7) is 9.59. The third-order valence-electron chi connectivity index (χ3n) is 11.1. The minimum absolute atomic E-state index is 0.165. The van der Waals surface area contributed by atoms with Crippen molar-refractivity contribution in [3.8, 4) is 11.1 Å². The number of esters is 2. The third-order valence-corrected chi connectivity index (χ3v) is 17.4. The molecule has 13 heteroatoms. The topological polar surface area (TPSA) is 123 Å². The molecule has 0 unspecified atom stereocenters. The van der Waals surface area contributed by atoms with Gasteiger partial charge in [-0.15, -0.1) is 11.8 Å². The van der Waals surface area contributed by atoms with Crippen LogP contribution in [0.5, 0.6) is 0 Å². The standard InChI is InChI=1S/C46H56ClN5O5SSi/c1-31(53)56-26-16-21-36-37-23-24-38(47)41(43(37)51(6)44(36)45(54)55-7)42-39(50-52-25-15-14-22-40(42)52)30-58-29-32(48)27-33(49-5)28-57-59(46(2,3)4,34-17-10-8-11-18-34)35-19-12-9-13-20-35/h8-13,17-20,23-24,27H,14-16,21-22,25-26,28-30,48H2,1-7H3/b32-27-,49-33?. The van der Waals surface area contributed by atoms with Crippen molar-refractivity contribution in [1.29, 1.82) is 0 Å². The Morgan fingerprint density at radius 3 is 2.31 bits per heavy atom. The predicted molar refractivity (Wildman–Crippen MR) is 244 cm³/mol. The molecule has 3 heterocycles. The summed E-state index contributed by atoms with van der Waals surface area (Å²) in [5.74, 6) is 0.381. The van der Waals surface area contributed by atoms with Crippen LogP contribution < -0.4 is 16.1 Å². The highest BCUT2D eigenvalue weighted by atomic mass is 35.5. The maximum Gasteiger partial charge on any atom is 0.354 e. The second kappa shape index (κ2) is 19.2. The Labute approximate surface area is 358 Å². The van der Waals surface area contributed by atoms with E-state index in [1.807, 2.05) is 42.0 Å². The average molecular weight is 855 g/mol. The molecule has 0 spiro atoms. The number of rotatable bonds is 16.